The molecule has 0 bridgehead atoms. The Bertz CT molecular complexity index is 537. The third-order valence-electron chi connectivity index (χ3n) is 4.86. The van der Waals surface area contributed by atoms with E-state index in [1.54, 1.807) is 0 Å². The van der Waals surface area contributed by atoms with Crippen molar-refractivity contribution in [1.29, 1.82) is 0 Å². The van der Waals surface area contributed by atoms with Gasteiger partial charge in [-0.3, -0.25) is 0 Å². The van der Waals surface area contributed by atoms with E-state index >= 15 is 0 Å². The molecule has 0 N–H and O–H groups in total. The fourth-order valence-electron chi connectivity index (χ4n) is 3.55. The molecule has 0 radical (unpaired) electrons. The Morgan fingerprint density at radius 1 is 1.18 bits per heavy atom. The molecule has 1 aliphatic heterocycles. The molecule has 0 saturated carbocycles. The molecule has 120 valence electrons. The second-order valence-corrected chi connectivity index (χ2v) is 6.61. The molecule has 1 aromatic heterocycles. The fraction of sp³-hybridized carbons (Fsp3) is 0.632. The molecular formula is C19H28N2O. The van der Waals surface area contributed by atoms with E-state index in [0.717, 1.165) is 29.3 Å². The number of nitrogens with zero attached hydrogens (tertiary/aromatic N) is 2. The Kier molecular flexibility index (Phi) is 5.49. The maximum Gasteiger partial charge on any atom is 0.195 e. The van der Waals surface area contributed by atoms with E-state index in [9.17, 15) is 0 Å². The van der Waals surface area contributed by atoms with Gasteiger partial charge in [-0.1, -0.05) is 31.9 Å². The summed E-state index contributed by atoms with van der Waals surface area (Å²) in [5, 5.41) is 0. The van der Waals surface area contributed by atoms with Gasteiger partial charge in [-0.15, -0.1) is 0 Å². The minimum atomic E-state index is 0.892. The van der Waals surface area contributed by atoms with Crippen LogP contribution < -0.4 is 0 Å². The van der Waals surface area contributed by atoms with E-state index in [1.807, 2.05) is 24.3 Å². The second-order valence-electron chi connectivity index (χ2n) is 6.61. The third-order valence-corrected chi connectivity index (χ3v) is 4.86. The number of fused-ring (bicyclic) bond motifs is 1. The minimum absolute atomic E-state index is 0.892. The number of hydrogen-bond acceptors (Lipinski definition) is 3. The van der Waals surface area contributed by atoms with Crippen molar-refractivity contribution in [2.75, 3.05) is 19.6 Å². The normalized spacial score (nSPS) is 17.3. The monoisotopic (exact) mass is 300 g/mol. The summed E-state index contributed by atoms with van der Waals surface area (Å²) in [5.74, 6) is 1.88. The van der Waals surface area contributed by atoms with E-state index in [2.05, 4.69) is 16.8 Å². The van der Waals surface area contributed by atoms with Gasteiger partial charge < -0.3 is 9.32 Å². The molecule has 3 heteroatoms. The average molecular weight is 300 g/mol. The quantitative estimate of drug-likeness (QED) is 0.696. The third kappa shape index (κ3) is 4.10. The molecule has 1 fully saturated rings. The van der Waals surface area contributed by atoms with Crippen LogP contribution in [0, 0.1) is 5.92 Å². The molecule has 2 heterocycles. The largest absolute Gasteiger partial charge is 0.441 e. The molecule has 0 spiro atoms. The lowest BCUT2D eigenvalue weighted by atomic mass is 9.92. The van der Waals surface area contributed by atoms with Crippen LogP contribution >= 0.6 is 0 Å². The van der Waals surface area contributed by atoms with E-state index in [1.165, 1.54) is 58.2 Å². The summed E-state index contributed by atoms with van der Waals surface area (Å²) in [5.41, 5.74) is 1.89. The molecule has 1 aromatic carbocycles. The van der Waals surface area contributed by atoms with Gasteiger partial charge >= 0.3 is 0 Å². The van der Waals surface area contributed by atoms with Crippen molar-refractivity contribution >= 4 is 11.1 Å². The number of oxazole rings is 1. The first-order valence-electron chi connectivity index (χ1n) is 8.92. The van der Waals surface area contributed by atoms with Crippen molar-refractivity contribution < 1.29 is 4.42 Å². The zero-order chi connectivity index (χ0) is 15.2. The predicted molar refractivity (Wildman–Crippen MR) is 91.0 cm³/mol. The molecule has 1 saturated heterocycles. The van der Waals surface area contributed by atoms with E-state index in [4.69, 9.17) is 4.42 Å². The zero-order valence-electron chi connectivity index (χ0n) is 13.8. The Labute approximate surface area is 133 Å². The lowest BCUT2D eigenvalue weighted by molar-refractivity contribution is 0.176. The van der Waals surface area contributed by atoms with Crippen LogP contribution in [0.15, 0.2) is 28.7 Å². The van der Waals surface area contributed by atoms with Crippen molar-refractivity contribution in [3.05, 3.63) is 30.2 Å². The molecule has 0 aliphatic carbocycles. The zero-order valence-corrected chi connectivity index (χ0v) is 13.8. The fourth-order valence-corrected chi connectivity index (χ4v) is 3.55. The van der Waals surface area contributed by atoms with E-state index < -0.39 is 0 Å². The number of likely N-dealkylation sites (tertiary alicyclic amines) is 1. The first-order chi connectivity index (χ1) is 10.8. The number of para-hydroxylation sites is 2. The highest BCUT2D eigenvalue weighted by Gasteiger charge is 2.17. The molecule has 1 aliphatic rings. The molecule has 22 heavy (non-hydrogen) atoms. The Hall–Kier alpha value is -1.35. The standard InChI is InChI=1S/C19H28N2O/c1-2-7-16-11-14-21(15-12-16)13-6-5-10-19-20-17-8-3-4-9-18(17)22-19/h3-4,8-9,16H,2,5-7,10-15H2,1H3. The van der Waals surface area contributed by atoms with Crippen LogP contribution in [-0.2, 0) is 6.42 Å². The molecule has 3 rings (SSSR count). The topological polar surface area (TPSA) is 29.3 Å². The maximum atomic E-state index is 5.78. The summed E-state index contributed by atoms with van der Waals surface area (Å²) in [4.78, 5) is 7.18. The number of unbranched alkanes of at least 4 members (excludes halogenated alkanes) is 1. The van der Waals surface area contributed by atoms with Crippen molar-refractivity contribution in [2.45, 2.75) is 51.9 Å². The summed E-state index contributed by atoms with van der Waals surface area (Å²) < 4.78 is 5.78. The molecule has 0 amide bonds. The van der Waals surface area contributed by atoms with Gasteiger partial charge in [0, 0.05) is 6.42 Å². The number of aryl methyl sites for hydroxylation is 1. The highest BCUT2D eigenvalue weighted by atomic mass is 16.3. The van der Waals surface area contributed by atoms with Gasteiger partial charge in [-0.05, 0) is 63.4 Å². The van der Waals surface area contributed by atoms with Crippen LogP contribution in [0.3, 0.4) is 0 Å². The van der Waals surface area contributed by atoms with Crippen LogP contribution in [-0.4, -0.2) is 29.5 Å². The summed E-state index contributed by atoms with van der Waals surface area (Å²) in [7, 11) is 0. The van der Waals surface area contributed by atoms with E-state index in [0.29, 0.717) is 0 Å². The van der Waals surface area contributed by atoms with Gasteiger partial charge in [0.1, 0.15) is 5.52 Å². The van der Waals surface area contributed by atoms with Crippen LogP contribution in [0.2, 0.25) is 0 Å². The lowest BCUT2D eigenvalue weighted by Crippen LogP contribution is -2.34. The molecule has 3 nitrogen and oxygen atoms in total. The Morgan fingerprint density at radius 3 is 2.77 bits per heavy atom. The number of hydrogen-bond donors (Lipinski definition) is 0. The first kappa shape index (κ1) is 15.5. The molecule has 0 unspecified atom stereocenters. The number of piperidine rings is 1. The number of aromatic nitrogens is 1. The van der Waals surface area contributed by atoms with Gasteiger partial charge in [0.25, 0.3) is 0 Å². The molecular weight excluding hydrogens is 272 g/mol. The SMILES string of the molecule is CCCC1CCN(CCCCc2nc3ccccc3o2)CC1. The van der Waals surface area contributed by atoms with Crippen LogP contribution in [0.5, 0.6) is 0 Å². The van der Waals surface area contributed by atoms with Crippen LogP contribution in [0.25, 0.3) is 11.1 Å². The van der Waals surface area contributed by atoms with E-state index in [-0.39, 0.29) is 0 Å². The van der Waals surface area contributed by atoms with Gasteiger partial charge in [0.2, 0.25) is 0 Å². The van der Waals surface area contributed by atoms with Crippen LogP contribution in [0.4, 0.5) is 0 Å². The Balaban J connectivity index is 1.35. The molecule has 0 atom stereocenters. The minimum Gasteiger partial charge on any atom is -0.441 e. The summed E-state index contributed by atoms with van der Waals surface area (Å²) in [6, 6.07) is 8.02. The highest BCUT2D eigenvalue weighted by molar-refractivity contribution is 5.72. The van der Waals surface area contributed by atoms with Crippen molar-refractivity contribution in [3.8, 4) is 0 Å². The van der Waals surface area contributed by atoms with Crippen molar-refractivity contribution in [1.82, 2.24) is 9.88 Å². The highest BCUT2D eigenvalue weighted by Crippen LogP contribution is 2.22. The summed E-state index contributed by atoms with van der Waals surface area (Å²) >= 11 is 0. The smallest absolute Gasteiger partial charge is 0.195 e. The summed E-state index contributed by atoms with van der Waals surface area (Å²) in [6.45, 7) is 6.14. The summed E-state index contributed by atoms with van der Waals surface area (Å²) in [6.07, 6.45) is 8.94. The molecule has 2 aromatic rings. The van der Waals surface area contributed by atoms with Crippen molar-refractivity contribution in [3.63, 3.8) is 0 Å². The maximum absolute atomic E-state index is 5.78. The predicted octanol–water partition coefficient (Wildman–Crippen LogP) is 4.66. The van der Waals surface area contributed by atoms with Gasteiger partial charge in [0.15, 0.2) is 11.5 Å². The lowest BCUT2D eigenvalue weighted by Gasteiger charge is -2.31. The first-order valence-corrected chi connectivity index (χ1v) is 8.92. The van der Waals surface area contributed by atoms with Crippen LogP contribution in [0.1, 0.15) is 51.3 Å². The van der Waals surface area contributed by atoms with Crippen molar-refractivity contribution in [2.24, 2.45) is 5.92 Å². The average Bonchev–Trinajstić information content (AvgIpc) is 2.96. The Morgan fingerprint density at radius 2 is 2.00 bits per heavy atom. The van der Waals surface area contributed by atoms with Gasteiger partial charge in [-0.25, -0.2) is 4.98 Å². The second kappa shape index (κ2) is 7.77. The number of benzene rings is 1. The van der Waals surface area contributed by atoms with Gasteiger partial charge in [-0.2, -0.15) is 0 Å². The number of rotatable bonds is 7. The van der Waals surface area contributed by atoms with Gasteiger partial charge in [0.05, 0.1) is 0 Å².